The van der Waals surface area contributed by atoms with Crippen LogP contribution in [0.15, 0.2) is 30.3 Å². The molecular weight excluding hydrogens is 236 g/mol. The van der Waals surface area contributed by atoms with Gasteiger partial charge in [-0.3, -0.25) is 4.79 Å². The molecule has 1 aliphatic carbocycles. The second-order valence-electron chi connectivity index (χ2n) is 6.54. The zero-order valence-corrected chi connectivity index (χ0v) is 11.8. The summed E-state index contributed by atoms with van der Waals surface area (Å²) in [6, 6.07) is 10.7. The van der Waals surface area contributed by atoms with Gasteiger partial charge in [0, 0.05) is 6.42 Å². The Kier molecular flexibility index (Phi) is 3.12. The summed E-state index contributed by atoms with van der Waals surface area (Å²) in [5.41, 5.74) is 1.53. The van der Waals surface area contributed by atoms with E-state index in [-0.39, 0.29) is 17.5 Å². The van der Waals surface area contributed by atoms with E-state index >= 15 is 0 Å². The number of ether oxygens (including phenoxy) is 1. The third-order valence-corrected chi connectivity index (χ3v) is 5.13. The number of carbonyl (C=O) groups is 1. The quantitative estimate of drug-likeness (QED) is 0.718. The maximum absolute atomic E-state index is 11.7. The van der Waals surface area contributed by atoms with Crippen molar-refractivity contribution < 1.29 is 9.53 Å². The Morgan fingerprint density at radius 2 is 2.00 bits per heavy atom. The summed E-state index contributed by atoms with van der Waals surface area (Å²) in [5.74, 6) is 1.03. The molecule has 4 unspecified atom stereocenters. The van der Waals surface area contributed by atoms with E-state index in [1.165, 1.54) is 18.4 Å². The molecule has 0 N–H and O–H groups in total. The SMILES string of the molecule is CC1CC(=O)OC2CC(C)(c3ccccc3)CCC12. The minimum Gasteiger partial charge on any atom is -0.462 e. The van der Waals surface area contributed by atoms with Crippen LogP contribution in [-0.2, 0) is 14.9 Å². The topological polar surface area (TPSA) is 26.3 Å². The molecule has 2 fully saturated rings. The van der Waals surface area contributed by atoms with Gasteiger partial charge in [0.05, 0.1) is 0 Å². The van der Waals surface area contributed by atoms with Gasteiger partial charge in [-0.15, -0.1) is 0 Å². The maximum atomic E-state index is 11.7. The van der Waals surface area contributed by atoms with Gasteiger partial charge in [0.1, 0.15) is 6.10 Å². The van der Waals surface area contributed by atoms with Crippen LogP contribution in [0.25, 0.3) is 0 Å². The summed E-state index contributed by atoms with van der Waals surface area (Å²) >= 11 is 0. The molecule has 1 heterocycles. The number of benzene rings is 1. The highest BCUT2D eigenvalue weighted by molar-refractivity contribution is 5.70. The first kappa shape index (κ1) is 12.7. The van der Waals surface area contributed by atoms with Crippen molar-refractivity contribution in [2.45, 2.75) is 51.0 Å². The van der Waals surface area contributed by atoms with Crippen molar-refractivity contribution >= 4 is 5.97 Å². The van der Waals surface area contributed by atoms with Crippen LogP contribution >= 0.6 is 0 Å². The second-order valence-corrected chi connectivity index (χ2v) is 6.54. The Balaban J connectivity index is 1.83. The highest BCUT2D eigenvalue weighted by atomic mass is 16.5. The van der Waals surface area contributed by atoms with Crippen molar-refractivity contribution in [1.82, 2.24) is 0 Å². The van der Waals surface area contributed by atoms with E-state index in [4.69, 9.17) is 4.74 Å². The molecule has 1 saturated heterocycles. The van der Waals surface area contributed by atoms with E-state index in [9.17, 15) is 4.79 Å². The maximum Gasteiger partial charge on any atom is 0.306 e. The molecule has 3 rings (SSSR count). The number of esters is 1. The summed E-state index contributed by atoms with van der Waals surface area (Å²) in [5, 5.41) is 0. The predicted octanol–water partition coefficient (Wildman–Crippen LogP) is 3.70. The van der Waals surface area contributed by atoms with Gasteiger partial charge in [0.25, 0.3) is 0 Å². The van der Waals surface area contributed by atoms with Crippen LogP contribution in [0.1, 0.15) is 45.1 Å². The first-order valence-electron chi connectivity index (χ1n) is 7.33. The number of fused-ring (bicyclic) bond motifs is 1. The number of carbonyl (C=O) groups excluding carboxylic acids is 1. The summed E-state index contributed by atoms with van der Waals surface area (Å²) in [4.78, 5) is 11.7. The van der Waals surface area contributed by atoms with E-state index < -0.39 is 0 Å². The van der Waals surface area contributed by atoms with Gasteiger partial charge in [-0.2, -0.15) is 0 Å². The average Bonchev–Trinajstić information content (AvgIpc) is 2.39. The molecule has 102 valence electrons. The molecule has 2 heteroatoms. The lowest BCUT2D eigenvalue weighted by Gasteiger charge is -2.46. The van der Waals surface area contributed by atoms with Crippen LogP contribution in [0.5, 0.6) is 0 Å². The van der Waals surface area contributed by atoms with Gasteiger partial charge in [-0.1, -0.05) is 44.2 Å². The lowest BCUT2D eigenvalue weighted by atomic mass is 9.63. The Morgan fingerprint density at radius 1 is 1.26 bits per heavy atom. The number of rotatable bonds is 1. The molecule has 0 amide bonds. The molecule has 1 aliphatic heterocycles. The van der Waals surface area contributed by atoms with Crippen LogP contribution in [0, 0.1) is 11.8 Å². The summed E-state index contributed by atoms with van der Waals surface area (Å²) in [6.07, 6.45) is 4.06. The molecule has 0 radical (unpaired) electrons. The van der Waals surface area contributed by atoms with Crippen molar-refractivity contribution in [1.29, 1.82) is 0 Å². The third-order valence-electron chi connectivity index (χ3n) is 5.13. The lowest BCUT2D eigenvalue weighted by Crippen LogP contribution is -2.46. The average molecular weight is 258 g/mol. The molecule has 0 aromatic heterocycles. The minimum absolute atomic E-state index is 0.00828. The van der Waals surface area contributed by atoms with Crippen molar-refractivity contribution in [3.63, 3.8) is 0 Å². The molecule has 4 atom stereocenters. The summed E-state index contributed by atoms with van der Waals surface area (Å²) < 4.78 is 5.64. The highest BCUT2D eigenvalue weighted by Crippen LogP contribution is 2.46. The summed E-state index contributed by atoms with van der Waals surface area (Å²) in [7, 11) is 0. The van der Waals surface area contributed by atoms with Gasteiger partial charge in [-0.05, 0) is 42.1 Å². The van der Waals surface area contributed by atoms with E-state index in [0.717, 1.165) is 6.42 Å². The highest BCUT2D eigenvalue weighted by Gasteiger charge is 2.45. The van der Waals surface area contributed by atoms with E-state index in [2.05, 4.69) is 44.2 Å². The fourth-order valence-electron chi connectivity index (χ4n) is 3.88. The molecular formula is C17H22O2. The molecule has 0 spiro atoms. The van der Waals surface area contributed by atoms with Gasteiger partial charge in [0.2, 0.25) is 0 Å². The number of hydrogen-bond donors (Lipinski definition) is 0. The van der Waals surface area contributed by atoms with Gasteiger partial charge >= 0.3 is 5.97 Å². The largest absolute Gasteiger partial charge is 0.462 e. The standard InChI is InChI=1S/C17H22O2/c1-12-10-16(18)19-15-11-17(2,9-8-14(12)15)13-6-4-3-5-7-13/h3-7,12,14-15H,8-11H2,1-2H3. The molecule has 1 aromatic carbocycles. The van der Waals surface area contributed by atoms with Gasteiger partial charge in [-0.25, -0.2) is 0 Å². The van der Waals surface area contributed by atoms with Crippen LogP contribution in [0.2, 0.25) is 0 Å². The van der Waals surface area contributed by atoms with E-state index in [1.54, 1.807) is 0 Å². The molecule has 19 heavy (non-hydrogen) atoms. The van der Waals surface area contributed by atoms with E-state index in [0.29, 0.717) is 18.3 Å². The smallest absolute Gasteiger partial charge is 0.306 e. The monoisotopic (exact) mass is 258 g/mol. The third kappa shape index (κ3) is 2.29. The second kappa shape index (κ2) is 4.66. The van der Waals surface area contributed by atoms with Crippen LogP contribution in [0.3, 0.4) is 0 Å². The minimum atomic E-state index is -0.00828. The lowest BCUT2D eigenvalue weighted by molar-refractivity contribution is -0.167. The molecule has 2 aliphatic rings. The summed E-state index contributed by atoms with van der Waals surface area (Å²) in [6.45, 7) is 4.51. The molecule has 2 nitrogen and oxygen atoms in total. The Morgan fingerprint density at radius 3 is 2.74 bits per heavy atom. The van der Waals surface area contributed by atoms with E-state index in [1.807, 2.05) is 0 Å². The predicted molar refractivity (Wildman–Crippen MR) is 74.8 cm³/mol. The molecule has 0 bridgehead atoms. The van der Waals surface area contributed by atoms with Gasteiger partial charge < -0.3 is 4.74 Å². The molecule has 1 aromatic rings. The number of hydrogen-bond acceptors (Lipinski definition) is 2. The zero-order valence-electron chi connectivity index (χ0n) is 11.8. The van der Waals surface area contributed by atoms with Crippen molar-refractivity contribution in [2.75, 3.05) is 0 Å². The Labute approximate surface area is 115 Å². The Hall–Kier alpha value is -1.31. The van der Waals surface area contributed by atoms with Crippen molar-refractivity contribution in [2.24, 2.45) is 11.8 Å². The van der Waals surface area contributed by atoms with Crippen molar-refractivity contribution in [3.05, 3.63) is 35.9 Å². The normalized spacial score (nSPS) is 38.4. The molecule has 1 saturated carbocycles. The first-order chi connectivity index (χ1) is 9.08. The van der Waals surface area contributed by atoms with Crippen molar-refractivity contribution in [3.8, 4) is 0 Å². The fraction of sp³-hybridized carbons (Fsp3) is 0.588. The zero-order chi connectivity index (χ0) is 13.5. The van der Waals surface area contributed by atoms with Gasteiger partial charge in [0.15, 0.2) is 0 Å². The van der Waals surface area contributed by atoms with Crippen LogP contribution in [-0.4, -0.2) is 12.1 Å². The fourth-order valence-corrected chi connectivity index (χ4v) is 3.88. The Bertz CT molecular complexity index is 467. The van der Waals surface area contributed by atoms with Crippen LogP contribution < -0.4 is 0 Å². The van der Waals surface area contributed by atoms with Crippen LogP contribution in [0.4, 0.5) is 0 Å². The first-order valence-corrected chi connectivity index (χ1v) is 7.33.